The molecule has 4 nitrogen and oxygen atoms in total. The number of hydrogen-bond acceptors (Lipinski definition) is 3. The summed E-state index contributed by atoms with van der Waals surface area (Å²) in [6.07, 6.45) is 5.23. The molecule has 0 bridgehead atoms. The molecular formula is C19H17BrN2O2. The molecule has 0 radical (unpaired) electrons. The van der Waals surface area contributed by atoms with Gasteiger partial charge in [-0.15, -0.1) is 0 Å². The van der Waals surface area contributed by atoms with E-state index in [2.05, 4.69) is 45.5 Å². The van der Waals surface area contributed by atoms with Crippen molar-refractivity contribution in [1.29, 1.82) is 0 Å². The maximum atomic E-state index is 11.5. The molecule has 1 aliphatic heterocycles. The molecule has 1 N–H and O–H groups in total. The summed E-state index contributed by atoms with van der Waals surface area (Å²) in [6, 6.07) is 12.0. The van der Waals surface area contributed by atoms with Crippen LogP contribution in [0.4, 0.5) is 11.4 Å². The van der Waals surface area contributed by atoms with Crippen LogP contribution in [0.3, 0.4) is 0 Å². The van der Waals surface area contributed by atoms with Crippen molar-refractivity contribution in [2.75, 3.05) is 5.32 Å². The highest BCUT2D eigenvalue weighted by Crippen LogP contribution is 2.53. The second-order valence-corrected chi connectivity index (χ2v) is 7.39. The van der Waals surface area contributed by atoms with Crippen molar-refractivity contribution in [1.82, 2.24) is 0 Å². The Bertz CT molecular complexity index is 845. The van der Waals surface area contributed by atoms with Gasteiger partial charge in [-0.2, -0.15) is 0 Å². The lowest BCUT2D eigenvalue weighted by atomic mass is 9.76. The minimum absolute atomic E-state index is 0.0928. The third-order valence-electron chi connectivity index (χ3n) is 5.13. The van der Waals surface area contributed by atoms with E-state index in [0.29, 0.717) is 5.92 Å². The van der Waals surface area contributed by atoms with Gasteiger partial charge in [0.25, 0.3) is 5.69 Å². The van der Waals surface area contributed by atoms with Crippen molar-refractivity contribution in [2.24, 2.45) is 5.92 Å². The van der Waals surface area contributed by atoms with Gasteiger partial charge in [0.2, 0.25) is 0 Å². The van der Waals surface area contributed by atoms with E-state index < -0.39 is 0 Å². The van der Waals surface area contributed by atoms with Gasteiger partial charge in [-0.25, -0.2) is 0 Å². The number of nitrogens with zero attached hydrogens (tertiary/aromatic N) is 1. The summed E-state index contributed by atoms with van der Waals surface area (Å²) < 4.78 is 1.05. The normalized spacial score (nSPS) is 24.2. The first kappa shape index (κ1) is 15.4. The minimum atomic E-state index is -0.261. The molecule has 2 aliphatic rings. The number of aryl methyl sites for hydroxylation is 1. The zero-order valence-corrected chi connectivity index (χ0v) is 14.8. The molecule has 0 spiro atoms. The number of fused-ring (bicyclic) bond motifs is 3. The van der Waals surface area contributed by atoms with E-state index in [9.17, 15) is 10.1 Å². The van der Waals surface area contributed by atoms with Crippen LogP contribution in [0, 0.1) is 23.0 Å². The molecule has 24 heavy (non-hydrogen) atoms. The number of nitrogens with one attached hydrogen (secondary N) is 1. The van der Waals surface area contributed by atoms with Crippen LogP contribution in [0.2, 0.25) is 0 Å². The number of nitro groups is 1. The smallest absolute Gasteiger partial charge is 0.275 e. The lowest BCUT2D eigenvalue weighted by molar-refractivity contribution is -0.385. The molecule has 0 amide bonds. The fourth-order valence-corrected chi connectivity index (χ4v) is 4.26. The fourth-order valence-electron chi connectivity index (χ4n) is 3.99. The van der Waals surface area contributed by atoms with E-state index in [1.807, 2.05) is 25.1 Å². The molecule has 122 valence electrons. The van der Waals surface area contributed by atoms with Crippen LogP contribution in [-0.2, 0) is 0 Å². The van der Waals surface area contributed by atoms with E-state index in [4.69, 9.17) is 0 Å². The number of halogens is 1. The van der Waals surface area contributed by atoms with E-state index in [-0.39, 0.29) is 22.6 Å². The third-order valence-corrected chi connectivity index (χ3v) is 5.66. The van der Waals surface area contributed by atoms with Gasteiger partial charge in [0.15, 0.2) is 0 Å². The number of anilines is 1. The van der Waals surface area contributed by atoms with Crippen molar-refractivity contribution in [3.8, 4) is 0 Å². The van der Waals surface area contributed by atoms with Gasteiger partial charge in [-0.05, 0) is 42.5 Å². The van der Waals surface area contributed by atoms with Gasteiger partial charge in [-0.3, -0.25) is 10.1 Å². The molecule has 2 aromatic rings. The standard InChI is InChI=1S/C19H17BrN2O2/c1-11-5-10-16(22(23)24)17-14-3-2-4-15(14)19(21-18(11)17)12-6-8-13(20)9-7-12/h2-3,5-10,14-15,19,21H,4H2,1H3/t14-,15+,19-/m0/s1. The maximum absolute atomic E-state index is 11.5. The Labute approximate surface area is 148 Å². The van der Waals surface area contributed by atoms with Gasteiger partial charge < -0.3 is 5.32 Å². The van der Waals surface area contributed by atoms with Gasteiger partial charge in [0.1, 0.15) is 0 Å². The van der Waals surface area contributed by atoms with Crippen molar-refractivity contribution < 1.29 is 4.92 Å². The van der Waals surface area contributed by atoms with Crippen LogP contribution >= 0.6 is 15.9 Å². The molecule has 3 atom stereocenters. The first-order valence-electron chi connectivity index (χ1n) is 8.03. The number of benzene rings is 2. The number of allylic oxidation sites excluding steroid dienone is 2. The monoisotopic (exact) mass is 384 g/mol. The van der Waals surface area contributed by atoms with Crippen molar-refractivity contribution in [3.63, 3.8) is 0 Å². The van der Waals surface area contributed by atoms with E-state index >= 15 is 0 Å². The maximum Gasteiger partial charge on any atom is 0.275 e. The predicted octanol–water partition coefficient (Wildman–Crippen LogP) is 5.49. The quantitative estimate of drug-likeness (QED) is 0.422. The number of rotatable bonds is 2. The van der Waals surface area contributed by atoms with Gasteiger partial charge >= 0.3 is 0 Å². The van der Waals surface area contributed by atoms with Gasteiger partial charge in [0, 0.05) is 22.1 Å². The Hall–Kier alpha value is -2.14. The summed E-state index contributed by atoms with van der Waals surface area (Å²) in [6.45, 7) is 2.01. The van der Waals surface area contributed by atoms with Crippen LogP contribution in [0.15, 0.2) is 53.0 Å². The Balaban J connectivity index is 1.86. The highest BCUT2D eigenvalue weighted by Gasteiger charge is 2.42. The average molecular weight is 385 g/mol. The first-order valence-corrected chi connectivity index (χ1v) is 8.82. The zero-order chi connectivity index (χ0) is 16.8. The zero-order valence-electron chi connectivity index (χ0n) is 13.2. The largest absolute Gasteiger partial charge is 0.377 e. The molecule has 0 fully saturated rings. The highest BCUT2D eigenvalue weighted by molar-refractivity contribution is 9.10. The summed E-state index contributed by atoms with van der Waals surface area (Å²) in [4.78, 5) is 11.2. The fraction of sp³-hybridized carbons (Fsp3) is 0.263. The summed E-state index contributed by atoms with van der Waals surface area (Å²) in [5.41, 5.74) is 4.25. The van der Waals surface area contributed by atoms with Crippen LogP contribution in [0.5, 0.6) is 0 Å². The van der Waals surface area contributed by atoms with Crippen LogP contribution < -0.4 is 5.32 Å². The molecule has 0 unspecified atom stereocenters. The Morgan fingerprint density at radius 2 is 1.96 bits per heavy atom. The van der Waals surface area contributed by atoms with E-state index in [0.717, 1.165) is 27.7 Å². The third kappa shape index (κ3) is 2.35. The van der Waals surface area contributed by atoms with Gasteiger partial charge in [-0.1, -0.05) is 46.3 Å². The molecule has 0 saturated carbocycles. The lowest BCUT2D eigenvalue weighted by Gasteiger charge is -2.38. The van der Waals surface area contributed by atoms with Gasteiger partial charge in [0.05, 0.1) is 16.5 Å². The topological polar surface area (TPSA) is 55.2 Å². The molecule has 0 saturated heterocycles. The molecule has 2 aromatic carbocycles. The van der Waals surface area contributed by atoms with Crippen LogP contribution in [0.25, 0.3) is 0 Å². The average Bonchev–Trinajstić information content (AvgIpc) is 3.05. The molecule has 1 heterocycles. The number of nitro benzene ring substituents is 1. The summed E-state index contributed by atoms with van der Waals surface area (Å²) >= 11 is 3.48. The SMILES string of the molecule is Cc1ccc([N+](=O)[O-])c2c1N[C@@H](c1ccc(Br)cc1)[C@@H]1CC=C[C@H]21. The lowest BCUT2D eigenvalue weighted by Crippen LogP contribution is -2.30. The second kappa shape index (κ2) is 5.74. The first-order chi connectivity index (χ1) is 11.6. The highest BCUT2D eigenvalue weighted by atomic mass is 79.9. The minimum Gasteiger partial charge on any atom is -0.377 e. The van der Waals surface area contributed by atoms with Crippen molar-refractivity contribution >= 4 is 27.3 Å². The summed E-state index contributed by atoms with van der Waals surface area (Å²) in [7, 11) is 0. The second-order valence-electron chi connectivity index (χ2n) is 6.47. The van der Waals surface area contributed by atoms with Crippen molar-refractivity contribution in [3.05, 3.63) is 79.8 Å². The molecule has 4 rings (SSSR count). The number of hydrogen-bond donors (Lipinski definition) is 1. The Kier molecular flexibility index (Phi) is 3.68. The van der Waals surface area contributed by atoms with Crippen LogP contribution in [0.1, 0.15) is 35.1 Å². The molecule has 0 aromatic heterocycles. The summed E-state index contributed by atoms with van der Waals surface area (Å²) in [5, 5.41) is 15.1. The van der Waals surface area contributed by atoms with Crippen LogP contribution in [-0.4, -0.2) is 4.92 Å². The Morgan fingerprint density at radius 1 is 1.21 bits per heavy atom. The predicted molar refractivity (Wildman–Crippen MR) is 98.3 cm³/mol. The van der Waals surface area contributed by atoms with E-state index in [1.54, 1.807) is 6.07 Å². The Morgan fingerprint density at radius 3 is 2.67 bits per heavy atom. The molecular weight excluding hydrogens is 368 g/mol. The molecule has 5 heteroatoms. The van der Waals surface area contributed by atoms with Crippen molar-refractivity contribution in [2.45, 2.75) is 25.3 Å². The van der Waals surface area contributed by atoms with E-state index in [1.165, 1.54) is 5.56 Å². The summed E-state index contributed by atoms with van der Waals surface area (Å²) in [5.74, 6) is 0.398. The molecule has 1 aliphatic carbocycles.